The molecule has 0 saturated heterocycles. The van der Waals surface area contributed by atoms with Crippen LogP contribution < -0.4 is 16.4 Å². The lowest BCUT2D eigenvalue weighted by atomic mass is 10.1. The number of aromatic nitrogens is 2. The Labute approximate surface area is 162 Å². The molecule has 2 aromatic carbocycles. The standard InChI is InChI=1S/C18H15ClF3N5O/c1-9-15(27-16(23)24-9)10-3-2-4-12(7-10)25-17(28)26-14-6-5-11(8-13(14)19)18(20,21)22/h2-8H,1H3,(H3,23,24,27)(H2,25,26,28). The molecular formula is C18H15ClF3N5O. The van der Waals surface area contributed by atoms with Gasteiger partial charge in [0, 0.05) is 11.3 Å². The molecular weight excluding hydrogens is 395 g/mol. The third-order valence-electron chi connectivity index (χ3n) is 3.86. The number of aromatic amines is 1. The number of halogens is 4. The van der Waals surface area contributed by atoms with E-state index in [0.29, 0.717) is 17.1 Å². The molecule has 0 atom stereocenters. The number of carbonyl (C=O) groups excluding carboxylic acids is 1. The summed E-state index contributed by atoms with van der Waals surface area (Å²) in [7, 11) is 0. The number of nitrogens with zero attached hydrogens (tertiary/aromatic N) is 1. The number of urea groups is 1. The number of nitrogens with one attached hydrogen (secondary N) is 3. The van der Waals surface area contributed by atoms with Crippen molar-refractivity contribution in [3.8, 4) is 11.3 Å². The van der Waals surface area contributed by atoms with Gasteiger partial charge >= 0.3 is 12.2 Å². The fraction of sp³-hybridized carbons (Fsp3) is 0.111. The molecule has 0 saturated carbocycles. The summed E-state index contributed by atoms with van der Waals surface area (Å²) >= 11 is 5.84. The smallest absolute Gasteiger partial charge is 0.369 e. The second-order valence-corrected chi connectivity index (χ2v) is 6.34. The molecule has 1 heterocycles. The lowest BCUT2D eigenvalue weighted by Crippen LogP contribution is -2.19. The summed E-state index contributed by atoms with van der Waals surface area (Å²) in [5.41, 5.74) is 7.44. The van der Waals surface area contributed by atoms with Gasteiger partial charge in [-0.2, -0.15) is 13.2 Å². The molecule has 0 aliphatic carbocycles. The van der Waals surface area contributed by atoms with E-state index in [1.54, 1.807) is 25.1 Å². The molecule has 0 aliphatic rings. The van der Waals surface area contributed by atoms with E-state index < -0.39 is 17.8 Å². The highest BCUT2D eigenvalue weighted by molar-refractivity contribution is 6.33. The van der Waals surface area contributed by atoms with E-state index >= 15 is 0 Å². The first-order valence-corrected chi connectivity index (χ1v) is 8.38. The van der Waals surface area contributed by atoms with E-state index in [4.69, 9.17) is 17.3 Å². The highest BCUT2D eigenvalue weighted by Gasteiger charge is 2.31. The van der Waals surface area contributed by atoms with Gasteiger partial charge in [-0.1, -0.05) is 23.7 Å². The molecule has 0 radical (unpaired) electrons. The number of carbonyl (C=O) groups is 1. The summed E-state index contributed by atoms with van der Waals surface area (Å²) in [6.45, 7) is 1.79. The van der Waals surface area contributed by atoms with Crippen molar-refractivity contribution in [1.82, 2.24) is 9.97 Å². The number of anilines is 3. The Balaban J connectivity index is 1.74. The SMILES string of the molecule is Cc1nc(N)[nH]c1-c1cccc(NC(=O)Nc2ccc(C(F)(F)F)cc2Cl)c1. The van der Waals surface area contributed by atoms with Gasteiger partial charge in [-0.05, 0) is 37.3 Å². The van der Waals surface area contributed by atoms with Crippen LogP contribution in [0.25, 0.3) is 11.3 Å². The molecule has 28 heavy (non-hydrogen) atoms. The first-order valence-electron chi connectivity index (χ1n) is 8.01. The van der Waals surface area contributed by atoms with Crippen LogP contribution in [-0.2, 0) is 6.18 Å². The van der Waals surface area contributed by atoms with E-state index in [1.807, 2.05) is 6.07 Å². The Morgan fingerprint density at radius 1 is 1.18 bits per heavy atom. The Kier molecular flexibility index (Phi) is 5.19. The molecule has 6 nitrogen and oxygen atoms in total. The van der Waals surface area contributed by atoms with Crippen molar-refractivity contribution < 1.29 is 18.0 Å². The lowest BCUT2D eigenvalue weighted by Gasteiger charge is -2.12. The van der Waals surface area contributed by atoms with Gasteiger partial charge < -0.3 is 21.4 Å². The van der Waals surface area contributed by atoms with Crippen LogP contribution >= 0.6 is 11.6 Å². The van der Waals surface area contributed by atoms with E-state index in [1.165, 1.54) is 0 Å². The highest BCUT2D eigenvalue weighted by atomic mass is 35.5. The third kappa shape index (κ3) is 4.37. The van der Waals surface area contributed by atoms with Gasteiger partial charge in [-0.15, -0.1) is 0 Å². The van der Waals surface area contributed by atoms with Crippen LogP contribution in [0.1, 0.15) is 11.3 Å². The number of imidazole rings is 1. The normalized spacial score (nSPS) is 11.3. The number of benzene rings is 2. The number of amides is 2. The number of H-pyrrole nitrogens is 1. The van der Waals surface area contributed by atoms with Crippen molar-refractivity contribution in [1.29, 1.82) is 0 Å². The van der Waals surface area contributed by atoms with Gasteiger partial charge in [0.1, 0.15) is 0 Å². The molecule has 3 aromatic rings. The number of nitrogens with two attached hydrogens (primary N) is 1. The Morgan fingerprint density at radius 2 is 1.93 bits per heavy atom. The summed E-state index contributed by atoms with van der Waals surface area (Å²) in [6.07, 6.45) is -4.51. The predicted octanol–water partition coefficient (Wildman–Crippen LogP) is 5.28. The summed E-state index contributed by atoms with van der Waals surface area (Å²) in [5.74, 6) is 0.278. The molecule has 1 aromatic heterocycles. The van der Waals surface area contributed by atoms with E-state index in [0.717, 1.165) is 23.8 Å². The van der Waals surface area contributed by atoms with Gasteiger partial charge in [0.25, 0.3) is 0 Å². The van der Waals surface area contributed by atoms with Crippen molar-refractivity contribution in [2.24, 2.45) is 0 Å². The fourth-order valence-electron chi connectivity index (χ4n) is 2.59. The zero-order valence-electron chi connectivity index (χ0n) is 14.5. The van der Waals surface area contributed by atoms with E-state index in [2.05, 4.69) is 20.6 Å². The average Bonchev–Trinajstić information content (AvgIpc) is 2.94. The Morgan fingerprint density at radius 3 is 2.54 bits per heavy atom. The number of alkyl halides is 3. The van der Waals surface area contributed by atoms with Crippen molar-refractivity contribution in [2.75, 3.05) is 16.4 Å². The van der Waals surface area contributed by atoms with Crippen LogP contribution in [0.5, 0.6) is 0 Å². The largest absolute Gasteiger partial charge is 0.416 e. The van der Waals surface area contributed by atoms with Crippen LogP contribution in [0, 0.1) is 6.92 Å². The number of nitrogen functional groups attached to an aromatic ring is 1. The monoisotopic (exact) mass is 409 g/mol. The summed E-state index contributed by atoms with van der Waals surface area (Å²) in [5, 5.41) is 4.80. The third-order valence-corrected chi connectivity index (χ3v) is 4.17. The fourth-order valence-corrected chi connectivity index (χ4v) is 2.82. The molecule has 0 fully saturated rings. The van der Waals surface area contributed by atoms with Crippen LogP contribution in [0.3, 0.4) is 0 Å². The zero-order valence-corrected chi connectivity index (χ0v) is 15.2. The lowest BCUT2D eigenvalue weighted by molar-refractivity contribution is -0.137. The molecule has 146 valence electrons. The highest BCUT2D eigenvalue weighted by Crippen LogP contribution is 2.33. The van der Waals surface area contributed by atoms with Gasteiger partial charge in [0.2, 0.25) is 0 Å². The van der Waals surface area contributed by atoms with Gasteiger partial charge in [0.05, 0.1) is 27.7 Å². The molecule has 5 N–H and O–H groups in total. The molecule has 3 rings (SSSR count). The maximum absolute atomic E-state index is 12.7. The first kappa shape index (κ1) is 19.6. The number of hydrogen-bond donors (Lipinski definition) is 4. The van der Waals surface area contributed by atoms with Gasteiger partial charge in [-0.3, -0.25) is 0 Å². The summed E-state index contributed by atoms with van der Waals surface area (Å²) < 4.78 is 38.1. The average molecular weight is 410 g/mol. The van der Waals surface area contributed by atoms with Gasteiger partial charge in [0.15, 0.2) is 5.95 Å². The van der Waals surface area contributed by atoms with Gasteiger partial charge in [-0.25, -0.2) is 9.78 Å². The number of hydrogen-bond acceptors (Lipinski definition) is 3. The molecule has 2 amide bonds. The molecule has 10 heteroatoms. The number of rotatable bonds is 3. The molecule has 0 aliphatic heterocycles. The summed E-state index contributed by atoms with van der Waals surface area (Å²) in [4.78, 5) is 19.2. The second kappa shape index (κ2) is 7.43. The quantitative estimate of drug-likeness (QED) is 0.473. The predicted molar refractivity (Wildman–Crippen MR) is 102 cm³/mol. The Hall–Kier alpha value is -3.20. The summed E-state index contributed by atoms with van der Waals surface area (Å²) in [6, 6.07) is 8.94. The number of aryl methyl sites for hydroxylation is 1. The Bertz CT molecular complexity index is 1030. The minimum absolute atomic E-state index is 0.0560. The zero-order chi connectivity index (χ0) is 20.5. The van der Waals surface area contributed by atoms with Crippen molar-refractivity contribution in [2.45, 2.75) is 13.1 Å². The van der Waals surface area contributed by atoms with Crippen LogP contribution in [0.4, 0.5) is 35.3 Å². The maximum atomic E-state index is 12.7. The second-order valence-electron chi connectivity index (χ2n) is 5.93. The van der Waals surface area contributed by atoms with Crippen LogP contribution in [0.2, 0.25) is 5.02 Å². The van der Waals surface area contributed by atoms with Crippen molar-refractivity contribution in [3.05, 3.63) is 58.7 Å². The molecule has 0 spiro atoms. The van der Waals surface area contributed by atoms with Crippen LogP contribution in [0.15, 0.2) is 42.5 Å². The molecule has 0 bridgehead atoms. The maximum Gasteiger partial charge on any atom is 0.416 e. The van der Waals surface area contributed by atoms with Crippen molar-refractivity contribution >= 4 is 35.0 Å². The van der Waals surface area contributed by atoms with Crippen LogP contribution in [-0.4, -0.2) is 16.0 Å². The topological polar surface area (TPSA) is 95.8 Å². The minimum atomic E-state index is -4.51. The van der Waals surface area contributed by atoms with E-state index in [-0.39, 0.29) is 16.7 Å². The first-order chi connectivity index (χ1) is 13.1. The molecule has 0 unspecified atom stereocenters. The van der Waals surface area contributed by atoms with E-state index in [9.17, 15) is 18.0 Å². The minimum Gasteiger partial charge on any atom is -0.369 e. The van der Waals surface area contributed by atoms with Crippen molar-refractivity contribution in [3.63, 3.8) is 0 Å².